The van der Waals surface area contributed by atoms with Crippen LogP contribution in [0.4, 0.5) is 0 Å². The fraction of sp³-hybridized carbons (Fsp3) is 0.458. The minimum absolute atomic E-state index is 0.0843. The topological polar surface area (TPSA) is 89.5 Å². The first-order valence-electron chi connectivity index (χ1n) is 11.2. The van der Waals surface area contributed by atoms with Crippen LogP contribution in [-0.2, 0) is 19.1 Å². The number of nitrogens with one attached hydrogen (secondary N) is 1. The van der Waals surface area contributed by atoms with Crippen molar-refractivity contribution in [2.24, 2.45) is 4.99 Å². The van der Waals surface area contributed by atoms with Crippen molar-refractivity contribution in [3.8, 4) is 5.75 Å². The second-order valence-corrected chi connectivity index (χ2v) is 8.84. The molecule has 8 nitrogen and oxygen atoms in total. The van der Waals surface area contributed by atoms with Crippen LogP contribution in [-0.4, -0.2) is 54.9 Å². The number of fused-ring (bicyclic) bond motifs is 1. The van der Waals surface area contributed by atoms with Gasteiger partial charge in [-0.15, -0.1) is 0 Å². The van der Waals surface area contributed by atoms with Gasteiger partial charge in [0, 0.05) is 18.8 Å². The van der Waals surface area contributed by atoms with Crippen molar-refractivity contribution in [2.45, 2.75) is 45.3 Å². The Morgan fingerprint density at radius 2 is 2.09 bits per heavy atom. The van der Waals surface area contributed by atoms with Gasteiger partial charge in [-0.3, -0.25) is 4.79 Å². The fourth-order valence-corrected chi connectivity index (χ4v) is 5.17. The molecule has 3 heterocycles. The molecule has 1 saturated heterocycles. The van der Waals surface area contributed by atoms with Crippen molar-refractivity contribution >= 4 is 28.8 Å². The number of benzene rings is 1. The van der Waals surface area contributed by atoms with Crippen molar-refractivity contribution in [1.29, 1.82) is 0 Å². The van der Waals surface area contributed by atoms with Gasteiger partial charge in [0.05, 0.1) is 43.6 Å². The molecule has 3 aliphatic rings. The summed E-state index contributed by atoms with van der Waals surface area (Å²) in [6.07, 6.45) is 2.26. The number of carbonyl (C=O) groups is 2. The highest BCUT2D eigenvalue weighted by atomic mass is 32.2. The number of amidine groups is 1. The molecular weight excluding hydrogens is 442 g/mol. The van der Waals surface area contributed by atoms with E-state index < -0.39 is 12.0 Å². The molecule has 3 aliphatic heterocycles. The van der Waals surface area contributed by atoms with Gasteiger partial charge >= 0.3 is 5.97 Å². The minimum Gasteiger partial charge on any atom is -0.497 e. The third-order valence-corrected chi connectivity index (χ3v) is 6.71. The number of hydrogen-bond donors (Lipinski definition) is 1. The van der Waals surface area contributed by atoms with Crippen LogP contribution in [0.3, 0.4) is 0 Å². The Kier molecular flexibility index (Phi) is 7.39. The summed E-state index contributed by atoms with van der Waals surface area (Å²) < 4.78 is 16.3. The average molecular weight is 472 g/mol. The lowest BCUT2D eigenvalue weighted by Crippen LogP contribution is -2.38. The van der Waals surface area contributed by atoms with E-state index in [0.717, 1.165) is 41.6 Å². The van der Waals surface area contributed by atoms with E-state index in [9.17, 15) is 9.59 Å². The summed E-state index contributed by atoms with van der Waals surface area (Å²) in [7, 11) is 1.61. The molecule has 1 aromatic rings. The molecule has 2 atom stereocenters. The lowest BCUT2D eigenvalue weighted by molar-refractivity contribution is -0.139. The Hall–Kier alpha value is -2.78. The number of amides is 1. The van der Waals surface area contributed by atoms with E-state index in [1.165, 1.54) is 11.8 Å². The first-order chi connectivity index (χ1) is 16.0. The first-order valence-corrected chi connectivity index (χ1v) is 12.0. The second-order valence-electron chi connectivity index (χ2n) is 8.00. The van der Waals surface area contributed by atoms with E-state index in [-0.39, 0.29) is 25.0 Å². The molecule has 0 aromatic heterocycles. The number of methoxy groups -OCH3 is 1. The zero-order chi connectivity index (χ0) is 23.4. The van der Waals surface area contributed by atoms with Crippen molar-refractivity contribution < 1.29 is 23.8 Å². The van der Waals surface area contributed by atoms with Gasteiger partial charge in [-0.05, 0) is 49.8 Å². The molecule has 0 spiro atoms. The number of ether oxygens (including phenoxy) is 3. The number of carbonyl (C=O) groups excluding carboxylic acids is 2. The molecule has 1 N–H and O–H groups in total. The lowest BCUT2D eigenvalue weighted by atomic mass is 9.93. The van der Waals surface area contributed by atoms with Crippen molar-refractivity contribution in [3.63, 3.8) is 0 Å². The van der Waals surface area contributed by atoms with Crippen LogP contribution in [0.1, 0.15) is 44.7 Å². The van der Waals surface area contributed by atoms with E-state index >= 15 is 0 Å². The van der Waals surface area contributed by atoms with Crippen LogP contribution < -0.4 is 10.1 Å². The molecule has 0 bridgehead atoms. The summed E-state index contributed by atoms with van der Waals surface area (Å²) in [4.78, 5) is 32.3. The lowest BCUT2D eigenvalue weighted by Gasteiger charge is -2.36. The van der Waals surface area contributed by atoms with Crippen LogP contribution in [0.2, 0.25) is 0 Å². The number of thioether (sulfide) groups is 1. The Labute approximate surface area is 198 Å². The van der Waals surface area contributed by atoms with Crippen molar-refractivity contribution in [1.82, 2.24) is 10.2 Å². The molecule has 176 valence electrons. The molecule has 33 heavy (non-hydrogen) atoms. The van der Waals surface area contributed by atoms with Crippen molar-refractivity contribution in [2.75, 3.05) is 26.9 Å². The highest BCUT2D eigenvalue weighted by molar-refractivity contribution is 8.16. The molecular formula is C24H29N3O5S. The van der Waals surface area contributed by atoms with E-state index in [0.29, 0.717) is 17.8 Å². The van der Waals surface area contributed by atoms with E-state index in [1.54, 1.807) is 14.0 Å². The standard InChI is InChI=1S/C24H29N3O5S/c1-4-31-23(29)21-15(2)26-24-27(22(21)16-7-9-18(30-3)10-8-16)17(14-33-24)12-20(28)25-13-19-6-5-11-32-19/h7-10,14,19,22H,4-6,11-13H2,1-3H3,(H,25,28)/t19-,22+/m1/s1. The Bertz CT molecular complexity index is 996. The third-order valence-electron chi connectivity index (χ3n) is 5.82. The molecule has 0 unspecified atom stereocenters. The Morgan fingerprint density at radius 1 is 1.30 bits per heavy atom. The van der Waals surface area contributed by atoms with Gasteiger partial charge < -0.3 is 24.4 Å². The zero-order valence-electron chi connectivity index (χ0n) is 19.1. The number of rotatable bonds is 8. The van der Waals surface area contributed by atoms with Gasteiger partial charge in [-0.25, -0.2) is 9.79 Å². The summed E-state index contributed by atoms with van der Waals surface area (Å²) >= 11 is 1.45. The maximum Gasteiger partial charge on any atom is 0.338 e. The monoisotopic (exact) mass is 471 g/mol. The number of nitrogens with zero attached hydrogens (tertiary/aromatic N) is 2. The Balaban J connectivity index is 1.60. The largest absolute Gasteiger partial charge is 0.497 e. The minimum atomic E-state index is -0.449. The van der Waals surface area contributed by atoms with Crippen molar-refractivity contribution in [3.05, 3.63) is 52.2 Å². The normalized spacial score (nSPS) is 22.0. The summed E-state index contributed by atoms with van der Waals surface area (Å²) in [5.74, 6) is 0.232. The van der Waals surface area contributed by atoms with Crippen LogP contribution in [0.15, 0.2) is 51.6 Å². The quantitative estimate of drug-likeness (QED) is 0.580. The summed E-state index contributed by atoms with van der Waals surface area (Å²) in [5.41, 5.74) is 2.77. The van der Waals surface area contributed by atoms with Crippen LogP contribution in [0.5, 0.6) is 5.75 Å². The zero-order valence-corrected chi connectivity index (χ0v) is 19.9. The second kappa shape index (κ2) is 10.4. The number of allylic oxidation sites excluding steroid dienone is 1. The predicted molar refractivity (Wildman–Crippen MR) is 127 cm³/mol. The first kappa shape index (κ1) is 23.4. The van der Waals surface area contributed by atoms with Gasteiger partial charge in [0.25, 0.3) is 0 Å². The van der Waals surface area contributed by atoms with Gasteiger partial charge in [0.15, 0.2) is 5.17 Å². The van der Waals surface area contributed by atoms with Crippen LogP contribution in [0.25, 0.3) is 0 Å². The average Bonchev–Trinajstić information content (AvgIpc) is 3.47. The van der Waals surface area contributed by atoms with Gasteiger partial charge in [-0.2, -0.15) is 0 Å². The van der Waals surface area contributed by atoms with Gasteiger partial charge in [-0.1, -0.05) is 23.9 Å². The number of aliphatic imine (C=N–C) groups is 1. The SMILES string of the molecule is CCOC(=O)C1=C(C)N=C2SC=C(CC(=O)NC[C@H]3CCCO3)N2[C@H]1c1ccc(OC)cc1. The fourth-order valence-electron chi connectivity index (χ4n) is 4.20. The molecule has 9 heteroatoms. The molecule has 0 saturated carbocycles. The van der Waals surface area contributed by atoms with E-state index in [2.05, 4.69) is 10.3 Å². The van der Waals surface area contributed by atoms with Crippen LogP contribution in [0, 0.1) is 0 Å². The molecule has 4 rings (SSSR count). The summed E-state index contributed by atoms with van der Waals surface area (Å²) in [6, 6.07) is 7.13. The smallest absolute Gasteiger partial charge is 0.338 e. The molecule has 1 fully saturated rings. The summed E-state index contributed by atoms with van der Waals surface area (Å²) in [6.45, 7) is 5.13. The maximum absolute atomic E-state index is 13.0. The molecule has 1 amide bonds. The molecule has 1 aromatic carbocycles. The van der Waals surface area contributed by atoms with E-state index in [1.807, 2.05) is 41.5 Å². The van der Waals surface area contributed by atoms with Crippen LogP contribution >= 0.6 is 11.8 Å². The maximum atomic E-state index is 13.0. The van der Waals surface area contributed by atoms with Gasteiger partial charge in [0.1, 0.15) is 5.75 Å². The number of esters is 1. The predicted octanol–water partition coefficient (Wildman–Crippen LogP) is 3.52. The summed E-state index contributed by atoms with van der Waals surface area (Å²) in [5, 5.41) is 5.65. The van der Waals surface area contributed by atoms with E-state index in [4.69, 9.17) is 14.2 Å². The van der Waals surface area contributed by atoms with Gasteiger partial charge in [0.2, 0.25) is 5.91 Å². The third kappa shape index (κ3) is 5.09. The molecule has 0 radical (unpaired) electrons. The Morgan fingerprint density at radius 3 is 2.76 bits per heavy atom. The highest BCUT2D eigenvalue weighted by Gasteiger charge is 2.41. The number of hydrogen-bond acceptors (Lipinski definition) is 8. The molecule has 0 aliphatic carbocycles. The highest BCUT2D eigenvalue weighted by Crippen LogP contribution is 2.45.